The van der Waals surface area contributed by atoms with Crippen molar-refractivity contribution in [1.82, 2.24) is 20.3 Å². The molecule has 0 aliphatic rings. The zero-order valence-electron chi connectivity index (χ0n) is 16.6. The number of carbonyl (C=O) groups excluding carboxylic acids is 1. The molecule has 0 radical (unpaired) electrons. The van der Waals surface area contributed by atoms with Gasteiger partial charge in [-0.1, -0.05) is 16.9 Å². The number of benzene rings is 1. The largest absolute Gasteiger partial charge is 0.452 e. The maximum absolute atomic E-state index is 12.6. The van der Waals surface area contributed by atoms with E-state index in [4.69, 9.17) is 13.7 Å². The number of rotatable bonds is 8. The first-order valence-electron chi connectivity index (χ1n) is 9.24. The van der Waals surface area contributed by atoms with Crippen molar-refractivity contribution in [2.75, 3.05) is 0 Å². The fourth-order valence-corrected chi connectivity index (χ4v) is 3.51. The van der Waals surface area contributed by atoms with E-state index in [9.17, 15) is 14.9 Å². The second kappa shape index (κ2) is 9.39. The number of nitro benzene ring substituents is 1. The topological polar surface area (TPSA) is 147 Å². The minimum Gasteiger partial charge on any atom is -0.452 e. The van der Waals surface area contributed by atoms with E-state index in [1.54, 1.807) is 25.3 Å². The fourth-order valence-electron chi connectivity index (χ4n) is 2.65. The number of nitrogens with zero attached hydrogens (tertiary/aromatic N) is 5. The Labute approximate surface area is 185 Å². The summed E-state index contributed by atoms with van der Waals surface area (Å²) in [4.78, 5) is 27.1. The number of hydrogen-bond donors (Lipinski definition) is 0. The summed E-state index contributed by atoms with van der Waals surface area (Å²) in [6, 6.07) is 10.7. The Morgan fingerprint density at radius 3 is 2.75 bits per heavy atom. The van der Waals surface area contributed by atoms with Gasteiger partial charge in [-0.3, -0.25) is 10.1 Å². The zero-order valence-corrected chi connectivity index (χ0v) is 17.4. The Balaban J connectivity index is 1.38. The maximum Gasteiger partial charge on any atom is 0.341 e. The maximum atomic E-state index is 12.6. The minimum atomic E-state index is -0.591. The summed E-state index contributed by atoms with van der Waals surface area (Å²) >= 11 is 1.33. The van der Waals surface area contributed by atoms with Crippen LogP contribution in [-0.4, -0.2) is 31.2 Å². The SMILES string of the molecule is Cc1cc(CSc2ncccc2C(=O)OCc2nnc(-c3ccc([N+](=O)[O-])cc3)o2)no1. The van der Waals surface area contributed by atoms with Gasteiger partial charge in [0.1, 0.15) is 10.8 Å². The lowest BCUT2D eigenvalue weighted by atomic mass is 10.2. The van der Waals surface area contributed by atoms with Crippen molar-refractivity contribution in [2.24, 2.45) is 0 Å². The molecule has 162 valence electrons. The molecule has 3 heterocycles. The van der Waals surface area contributed by atoms with Crippen LogP contribution in [0, 0.1) is 17.0 Å². The van der Waals surface area contributed by atoms with Crippen LogP contribution >= 0.6 is 11.8 Å². The number of pyridine rings is 1. The first-order valence-corrected chi connectivity index (χ1v) is 10.2. The molecule has 4 aromatic rings. The molecule has 0 fully saturated rings. The lowest BCUT2D eigenvalue weighted by Crippen LogP contribution is -2.08. The van der Waals surface area contributed by atoms with Gasteiger partial charge < -0.3 is 13.7 Å². The van der Waals surface area contributed by atoms with Crippen molar-refractivity contribution >= 4 is 23.4 Å². The summed E-state index contributed by atoms with van der Waals surface area (Å²) in [5.74, 6) is 0.840. The molecule has 0 atom stereocenters. The first kappa shape index (κ1) is 21.2. The van der Waals surface area contributed by atoms with E-state index in [-0.39, 0.29) is 24.1 Å². The molecule has 4 rings (SSSR count). The molecule has 3 aromatic heterocycles. The van der Waals surface area contributed by atoms with E-state index in [2.05, 4.69) is 20.3 Å². The third-order valence-electron chi connectivity index (χ3n) is 4.14. The van der Waals surface area contributed by atoms with Gasteiger partial charge in [-0.2, -0.15) is 0 Å². The average molecular weight is 453 g/mol. The van der Waals surface area contributed by atoms with Crippen LogP contribution in [0.1, 0.15) is 27.7 Å². The van der Waals surface area contributed by atoms with Crippen molar-refractivity contribution in [3.05, 3.63) is 81.7 Å². The summed E-state index contributed by atoms with van der Waals surface area (Å²) < 4.78 is 15.8. The van der Waals surface area contributed by atoms with Crippen LogP contribution < -0.4 is 0 Å². The van der Waals surface area contributed by atoms with Crippen LogP contribution in [0.5, 0.6) is 0 Å². The van der Waals surface area contributed by atoms with Gasteiger partial charge in [0.05, 0.1) is 16.2 Å². The van der Waals surface area contributed by atoms with Crippen LogP contribution in [0.4, 0.5) is 5.69 Å². The van der Waals surface area contributed by atoms with Crippen molar-refractivity contribution in [3.63, 3.8) is 0 Å². The molecular formula is C20H15N5O6S. The molecular weight excluding hydrogens is 438 g/mol. The van der Waals surface area contributed by atoms with Crippen LogP contribution in [0.25, 0.3) is 11.5 Å². The van der Waals surface area contributed by atoms with Crippen molar-refractivity contribution in [1.29, 1.82) is 0 Å². The molecule has 0 bridgehead atoms. The second-order valence-electron chi connectivity index (χ2n) is 6.45. The smallest absolute Gasteiger partial charge is 0.341 e. The fraction of sp³-hybridized carbons (Fsp3) is 0.150. The van der Waals surface area contributed by atoms with E-state index in [0.717, 1.165) is 5.69 Å². The van der Waals surface area contributed by atoms with Gasteiger partial charge in [-0.25, -0.2) is 9.78 Å². The first-order chi connectivity index (χ1) is 15.5. The molecule has 1 aromatic carbocycles. The normalized spacial score (nSPS) is 10.8. The van der Waals surface area contributed by atoms with Gasteiger partial charge in [-0.15, -0.1) is 10.2 Å². The lowest BCUT2D eigenvalue weighted by molar-refractivity contribution is -0.384. The van der Waals surface area contributed by atoms with E-state index in [0.29, 0.717) is 27.7 Å². The van der Waals surface area contributed by atoms with Crippen LogP contribution in [0.2, 0.25) is 0 Å². The number of carbonyl (C=O) groups is 1. The Morgan fingerprint density at radius 2 is 2.03 bits per heavy atom. The summed E-state index contributed by atoms with van der Waals surface area (Å²) in [5, 5.41) is 22.9. The van der Waals surface area contributed by atoms with E-state index < -0.39 is 10.9 Å². The van der Waals surface area contributed by atoms with E-state index in [1.807, 2.05) is 6.07 Å². The molecule has 0 spiro atoms. The predicted octanol–water partition coefficient (Wildman–Crippen LogP) is 3.99. The monoisotopic (exact) mass is 453 g/mol. The molecule has 0 aliphatic carbocycles. The highest BCUT2D eigenvalue weighted by molar-refractivity contribution is 7.98. The van der Waals surface area contributed by atoms with Crippen LogP contribution in [0.3, 0.4) is 0 Å². The number of esters is 1. The molecule has 32 heavy (non-hydrogen) atoms. The predicted molar refractivity (Wildman–Crippen MR) is 111 cm³/mol. The Morgan fingerprint density at radius 1 is 1.22 bits per heavy atom. The quantitative estimate of drug-likeness (QED) is 0.165. The lowest BCUT2D eigenvalue weighted by Gasteiger charge is -2.06. The van der Waals surface area contributed by atoms with Gasteiger partial charge in [0.15, 0.2) is 6.61 Å². The summed E-state index contributed by atoms with van der Waals surface area (Å²) in [7, 11) is 0. The van der Waals surface area contributed by atoms with Gasteiger partial charge in [0.2, 0.25) is 5.89 Å². The number of thioether (sulfide) groups is 1. The number of hydrogen-bond acceptors (Lipinski definition) is 11. The standard InChI is InChI=1S/C20H15N5O6S/c1-12-9-14(24-31-12)11-32-19-16(3-2-8-21-19)20(26)29-10-17-22-23-18(30-17)13-4-6-15(7-5-13)25(27)28/h2-9H,10-11H2,1H3. The van der Waals surface area contributed by atoms with Crippen molar-refractivity contribution in [3.8, 4) is 11.5 Å². The van der Waals surface area contributed by atoms with E-state index in [1.165, 1.54) is 36.0 Å². The molecule has 0 saturated carbocycles. The molecule has 0 saturated heterocycles. The number of ether oxygens (including phenoxy) is 1. The molecule has 11 nitrogen and oxygen atoms in total. The summed E-state index contributed by atoms with van der Waals surface area (Å²) in [5.41, 5.74) is 1.50. The third kappa shape index (κ3) is 4.98. The van der Waals surface area contributed by atoms with Gasteiger partial charge in [-0.05, 0) is 31.2 Å². The number of aryl methyl sites for hydroxylation is 1. The average Bonchev–Trinajstić information content (AvgIpc) is 3.45. The number of aromatic nitrogens is 4. The van der Waals surface area contributed by atoms with Gasteiger partial charge >= 0.3 is 5.97 Å². The summed E-state index contributed by atoms with van der Waals surface area (Å²) in [6.07, 6.45) is 1.58. The molecule has 0 aliphatic heterocycles. The molecule has 0 N–H and O–H groups in total. The highest BCUT2D eigenvalue weighted by Crippen LogP contribution is 2.25. The van der Waals surface area contributed by atoms with E-state index >= 15 is 0 Å². The Kier molecular flexibility index (Phi) is 6.22. The summed E-state index contributed by atoms with van der Waals surface area (Å²) in [6.45, 7) is 1.57. The van der Waals surface area contributed by atoms with Crippen molar-refractivity contribution in [2.45, 2.75) is 24.3 Å². The van der Waals surface area contributed by atoms with Crippen LogP contribution in [0.15, 0.2) is 62.6 Å². The van der Waals surface area contributed by atoms with Crippen LogP contribution in [-0.2, 0) is 17.1 Å². The van der Waals surface area contributed by atoms with Gasteiger partial charge in [0, 0.05) is 35.7 Å². The third-order valence-corrected chi connectivity index (χ3v) is 5.18. The second-order valence-corrected chi connectivity index (χ2v) is 7.42. The highest BCUT2D eigenvalue weighted by atomic mass is 32.2. The highest BCUT2D eigenvalue weighted by Gasteiger charge is 2.17. The minimum absolute atomic E-state index is 0.0498. The van der Waals surface area contributed by atoms with Gasteiger partial charge in [0.25, 0.3) is 11.6 Å². The Hall–Kier alpha value is -4.06. The number of nitro groups is 1. The molecule has 0 unspecified atom stereocenters. The zero-order chi connectivity index (χ0) is 22.5. The number of non-ortho nitro benzene ring substituents is 1. The Bertz CT molecular complexity index is 1250. The molecule has 12 heteroatoms. The molecule has 0 amide bonds. The van der Waals surface area contributed by atoms with Crippen molar-refractivity contribution < 1.29 is 23.4 Å².